The summed E-state index contributed by atoms with van der Waals surface area (Å²) < 4.78 is 5.37. The second-order valence-electron chi connectivity index (χ2n) is 3.63. The van der Waals surface area contributed by atoms with Crippen molar-refractivity contribution in [2.75, 3.05) is 13.7 Å². The van der Waals surface area contributed by atoms with Crippen molar-refractivity contribution in [1.29, 1.82) is 0 Å². The Balaban J connectivity index is 2.67. The van der Waals surface area contributed by atoms with Crippen molar-refractivity contribution in [2.45, 2.75) is 32.9 Å². The highest BCUT2D eigenvalue weighted by atomic mass is 32.1. The third-order valence-corrected chi connectivity index (χ3v) is 3.43. The van der Waals surface area contributed by atoms with Gasteiger partial charge in [-0.15, -0.1) is 11.3 Å². The molecule has 3 nitrogen and oxygen atoms in total. The first-order valence-electron chi connectivity index (χ1n) is 4.81. The number of hydrogen-bond acceptors (Lipinski definition) is 4. The van der Waals surface area contributed by atoms with E-state index in [-0.39, 0.29) is 5.60 Å². The molecule has 0 fully saturated rings. The zero-order chi connectivity index (χ0) is 10.6. The molecule has 1 rings (SSSR count). The van der Waals surface area contributed by atoms with Crippen molar-refractivity contribution in [3.05, 3.63) is 16.1 Å². The molecule has 14 heavy (non-hydrogen) atoms. The van der Waals surface area contributed by atoms with Crippen LogP contribution in [-0.2, 0) is 16.9 Å². The van der Waals surface area contributed by atoms with Gasteiger partial charge in [0, 0.05) is 24.7 Å². The minimum atomic E-state index is -0.269. The normalized spacial score (nSPS) is 12.0. The van der Waals surface area contributed by atoms with Gasteiger partial charge in [-0.2, -0.15) is 0 Å². The highest BCUT2D eigenvalue weighted by Crippen LogP contribution is 2.27. The standard InChI is InChI=1S/C10H18N2OS/c1-5-11-6-8-7-12-9(14-8)10(2,3)13-4/h7,11H,5-6H2,1-4H3. The molecule has 0 bridgehead atoms. The number of rotatable bonds is 5. The van der Waals surface area contributed by atoms with Gasteiger partial charge in [0.1, 0.15) is 10.6 Å². The van der Waals surface area contributed by atoms with E-state index >= 15 is 0 Å². The zero-order valence-corrected chi connectivity index (χ0v) is 10.1. The average Bonchev–Trinajstić information content (AvgIpc) is 2.63. The lowest BCUT2D eigenvalue weighted by atomic mass is 10.1. The zero-order valence-electron chi connectivity index (χ0n) is 9.26. The minimum Gasteiger partial charge on any atom is -0.372 e. The van der Waals surface area contributed by atoms with Crippen molar-refractivity contribution >= 4 is 11.3 Å². The SMILES string of the molecule is CCNCc1cnc(C(C)(C)OC)s1. The van der Waals surface area contributed by atoms with Gasteiger partial charge in [-0.05, 0) is 20.4 Å². The summed E-state index contributed by atoms with van der Waals surface area (Å²) in [5.41, 5.74) is -0.269. The minimum absolute atomic E-state index is 0.269. The molecule has 0 amide bonds. The molecule has 1 aromatic rings. The van der Waals surface area contributed by atoms with E-state index < -0.39 is 0 Å². The molecular weight excluding hydrogens is 196 g/mol. The number of ether oxygens (including phenoxy) is 1. The highest BCUT2D eigenvalue weighted by Gasteiger charge is 2.23. The van der Waals surface area contributed by atoms with Crippen molar-refractivity contribution in [1.82, 2.24) is 10.3 Å². The Labute approximate surface area is 89.5 Å². The van der Waals surface area contributed by atoms with Crippen LogP contribution in [0.1, 0.15) is 30.7 Å². The molecule has 0 spiro atoms. The van der Waals surface area contributed by atoms with Crippen LogP contribution < -0.4 is 5.32 Å². The maximum absolute atomic E-state index is 5.37. The third-order valence-electron chi connectivity index (χ3n) is 2.13. The Bertz CT molecular complexity index is 283. The Morgan fingerprint density at radius 1 is 1.57 bits per heavy atom. The van der Waals surface area contributed by atoms with Gasteiger partial charge in [-0.3, -0.25) is 0 Å². The number of aromatic nitrogens is 1. The first-order chi connectivity index (χ1) is 6.60. The summed E-state index contributed by atoms with van der Waals surface area (Å²) in [7, 11) is 1.71. The van der Waals surface area contributed by atoms with E-state index in [4.69, 9.17) is 4.74 Å². The van der Waals surface area contributed by atoms with Crippen molar-refractivity contribution in [2.24, 2.45) is 0 Å². The third kappa shape index (κ3) is 2.77. The molecule has 4 heteroatoms. The summed E-state index contributed by atoms with van der Waals surface area (Å²) in [5.74, 6) is 0. The van der Waals surface area contributed by atoms with Gasteiger partial charge in [0.05, 0.1) is 0 Å². The van der Waals surface area contributed by atoms with E-state index in [2.05, 4.69) is 17.2 Å². The second-order valence-corrected chi connectivity index (χ2v) is 4.74. The Hall–Kier alpha value is -0.450. The molecule has 80 valence electrons. The summed E-state index contributed by atoms with van der Waals surface area (Å²) in [4.78, 5) is 5.62. The van der Waals surface area contributed by atoms with Crippen LogP contribution in [0.2, 0.25) is 0 Å². The fourth-order valence-electron chi connectivity index (χ4n) is 1.00. The van der Waals surface area contributed by atoms with Crippen LogP contribution in [-0.4, -0.2) is 18.6 Å². The lowest BCUT2D eigenvalue weighted by Gasteiger charge is -2.19. The van der Waals surface area contributed by atoms with Crippen molar-refractivity contribution in [3.63, 3.8) is 0 Å². The average molecular weight is 214 g/mol. The van der Waals surface area contributed by atoms with Gasteiger partial charge in [-0.1, -0.05) is 6.92 Å². The van der Waals surface area contributed by atoms with Crippen LogP contribution in [0.25, 0.3) is 0 Å². The van der Waals surface area contributed by atoms with E-state index in [0.29, 0.717) is 0 Å². The first-order valence-corrected chi connectivity index (χ1v) is 5.63. The molecule has 1 heterocycles. The van der Waals surface area contributed by atoms with Gasteiger partial charge >= 0.3 is 0 Å². The molecule has 1 N–H and O–H groups in total. The smallest absolute Gasteiger partial charge is 0.124 e. The van der Waals surface area contributed by atoms with Gasteiger partial charge in [0.15, 0.2) is 0 Å². The molecule has 1 aromatic heterocycles. The topological polar surface area (TPSA) is 34.2 Å². The molecule has 0 unspecified atom stereocenters. The van der Waals surface area contributed by atoms with Crippen LogP contribution in [0.4, 0.5) is 0 Å². The number of nitrogens with zero attached hydrogens (tertiary/aromatic N) is 1. The second kappa shape index (κ2) is 4.87. The van der Waals surface area contributed by atoms with E-state index in [0.717, 1.165) is 18.1 Å². The summed E-state index contributed by atoms with van der Waals surface area (Å²) in [5, 5.41) is 4.31. The largest absolute Gasteiger partial charge is 0.372 e. The molecule has 0 aromatic carbocycles. The van der Waals surface area contributed by atoms with Crippen LogP contribution >= 0.6 is 11.3 Å². The fraction of sp³-hybridized carbons (Fsp3) is 0.700. The lowest BCUT2D eigenvalue weighted by Crippen LogP contribution is -2.18. The van der Waals surface area contributed by atoms with E-state index in [9.17, 15) is 0 Å². The molecule has 0 radical (unpaired) electrons. The Morgan fingerprint density at radius 2 is 2.29 bits per heavy atom. The summed E-state index contributed by atoms with van der Waals surface area (Å²) in [6.45, 7) is 8.04. The van der Waals surface area contributed by atoms with Gasteiger partial charge in [-0.25, -0.2) is 4.98 Å². The Kier molecular flexibility index (Phi) is 4.04. The highest BCUT2D eigenvalue weighted by molar-refractivity contribution is 7.11. The number of methoxy groups -OCH3 is 1. The predicted molar refractivity (Wildman–Crippen MR) is 59.5 cm³/mol. The lowest BCUT2D eigenvalue weighted by molar-refractivity contribution is 0.0190. The van der Waals surface area contributed by atoms with Crippen molar-refractivity contribution < 1.29 is 4.74 Å². The monoisotopic (exact) mass is 214 g/mol. The Morgan fingerprint density at radius 3 is 2.86 bits per heavy atom. The number of thiazole rings is 1. The van der Waals surface area contributed by atoms with Crippen LogP contribution in [0.15, 0.2) is 6.20 Å². The van der Waals surface area contributed by atoms with Crippen LogP contribution in [0.5, 0.6) is 0 Å². The molecular formula is C10H18N2OS. The van der Waals surface area contributed by atoms with Gasteiger partial charge < -0.3 is 10.1 Å². The van der Waals surface area contributed by atoms with E-state index in [1.807, 2.05) is 20.0 Å². The molecule has 0 aliphatic rings. The molecule has 0 saturated heterocycles. The van der Waals surface area contributed by atoms with Gasteiger partial charge in [0.2, 0.25) is 0 Å². The van der Waals surface area contributed by atoms with E-state index in [1.54, 1.807) is 18.4 Å². The molecule has 0 saturated carbocycles. The number of nitrogens with one attached hydrogen (secondary N) is 1. The maximum Gasteiger partial charge on any atom is 0.124 e. The first kappa shape index (κ1) is 11.6. The van der Waals surface area contributed by atoms with Gasteiger partial charge in [0.25, 0.3) is 0 Å². The predicted octanol–water partition coefficient (Wildman–Crippen LogP) is 2.13. The molecule has 0 aliphatic carbocycles. The van der Waals surface area contributed by atoms with Crippen LogP contribution in [0, 0.1) is 0 Å². The van der Waals surface area contributed by atoms with E-state index in [1.165, 1.54) is 4.88 Å². The van der Waals surface area contributed by atoms with Crippen LogP contribution in [0.3, 0.4) is 0 Å². The number of hydrogen-bond donors (Lipinski definition) is 1. The summed E-state index contributed by atoms with van der Waals surface area (Å²) in [6.07, 6.45) is 1.92. The summed E-state index contributed by atoms with van der Waals surface area (Å²) >= 11 is 1.71. The molecule has 0 atom stereocenters. The maximum atomic E-state index is 5.37. The fourth-order valence-corrected chi connectivity index (χ4v) is 1.97. The van der Waals surface area contributed by atoms with Crippen molar-refractivity contribution in [3.8, 4) is 0 Å². The quantitative estimate of drug-likeness (QED) is 0.815. The molecule has 0 aliphatic heterocycles. The summed E-state index contributed by atoms with van der Waals surface area (Å²) in [6, 6.07) is 0.